The molecule has 1 amide bonds. The molecule has 0 aliphatic carbocycles. The number of carbonyl (C=O) groups is 1. The number of piperazine rings is 1. The lowest BCUT2D eigenvalue weighted by molar-refractivity contribution is 0.0746. The molecule has 1 fully saturated rings. The van der Waals surface area contributed by atoms with E-state index in [2.05, 4.69) is 36.1 Å². The first kappa shape index (κ1) is 20.4. The number of halogens is 2. The fourth-order valence-corrected chi connectivity index (χ4v) is 2.77. The van der Waals surface area contributed by atoms with Gasteiger partial charge in [0.25, 0.3) is 5.91 Å². The molecule has 1 aliphatic heterocycles. The van der Waals surface area contributed by atoms with Crippen LogP contribution in [0.1, 0.15) is 21.7 Å². The largest absolute Gasteiger partial charge is 0.467 e. The van der Waals surface area contributed by atoms with Crippen LogP contribution < -0.4 is 10.6 Å². The average molecular weight is 372 g/mol. The normalized spacial score (nSPS) is 13.9. The van der Waals surface area contributed by atoms with Crippen molar-refractivity contribution in [2.45, 2.75) is 13.5 Å². The highest BCUT2D eigenvalue weighted by molar-refractivity contribution is 5.94. The molecule has 2 N–H and O–H groups in total. The predicted octanol–water partition coefficient (Wildman–Crippen LogP) is 2.85. The molecule has 0 unspecified atom stereocenters. The molecule has 0 atom stereocenters. The van der Waals surface area contributed by atoms with Gasteiger partial charge >= 0.3 is 0 Å². The van der Waals surface area contributed by atoms with Gasteiger partial charge < -0.3 is 20.0 Å². The second kappa shape index (κ2) is 8.97. The van der Waals surface area contributed by atoms with Crippen LogP contribution in [0, 0.1) is 6.92 Å². The molecule has 24 heavy (non-hydrogen) atoms. The molecule has 0 spiro atoms. The summed E-state index contributed by atoms with van der Waals surface area (Å²) in [5, 5.41) is 0. The molecule has 2 aromatic rings. The highest BCUT2D eigenvalue weighted by Gasteiger charge is 2.23. The first-order valence-electron chi connectivity index (χ1n) is 7.56. The van der Waals surface area contributed by atoms with Crippen LogP contribution in [0.3, 0.4) is 0 Å². The van der Waals surface area contributed by atoms with Crippen LogP contribution in [0.15, 0.2) is 41.0 Å². The van der Waals surface area contributed by atoms with E-state index in [0.29, 0.717) is 17.9 Å². The molecule has 1 aliphatic rings. The number of carbonyl (C=O) groups excluding carboxylic acids is 1. The second-order valence-electron chi connectivity index (χ2n) is 5.62. The third kappa shape index (κ3) is 4.44. The lowest BCUT2D eigenvalue weighted by Gasteiger charge is -2.36. The van der Waals surface area contributed by atoms with Gasteiger partial charge in [-0.2, -0.15) is 0 Å². The zero-order valence-electron chi connectivity index (χ0n) is 13.6. The molecule has 7 heteroatoms. The molecule has 132 valence electrons. The fourth-order valence-electron chi connectivity index (χ4n) is 2.77. The van der Waals surface area contributed by atoms with Crippen molar-refractivity contribution in [2.75, 3.05) is 31.1 Å². The number of anilines is 1. The van der Waals surface area contributed by atoms with Crippen molar-refractivity contribution < 1.29 is 9.21 Å². The zero-order valence-corrected chi connectivity index (χ0v) is 15.2. The lowest BCUT2D eigenvalue weighted by atomic mass is 10.2. The minimum Gasteiger partial charge on any atom is -0.467 e. The number of nitrogens with zero attached hydrogens (tertiary/aromatic N) is 2. The standard InChI is InChI=1S/C17H21N3O2.2ClH/c1-13-3-2-4-15(9-13)19-5-7-20(8-6-19)17(21)14-10-16(11-18)22-12-14;;/h2-4,9-10,12H,5-8,11,18H2,1H3;2*1H. The van der Waals surface area contributed by atoms with Crippen molar-refractivity contribution >= 4 is 36.4 Å². The summed E-state index contributed by atoms with van der Waals surface area (Å²) in [5.41, 5.74) is 8.58. The van der Waals surface area contributed by atoms with Crippen molar-refractivity contribution in [2.24, 2.45) is 5.73 Å². The van der Waals surface area contributed by atoms with E-state index in [-0.39, 0.29) is 30.7 Å². The number of nitrogens with two attached hydrogens (primary N) is 1. The maximum atomic E-state index is 12.4. The van der Waals surface area contributed by atoms with Gasteiger partial charge in [-0.05, 0) is 30.7 Å². The molecule has 1 saturated heterocycles. The van der Waals surface area contributed by atoms with Gasteiger partial charge in [0.15, 0.2) is 0 Å². The maximum Gasteiger partial charge on any atom is 0.257 e. The van der Waals surface area contributed by atoms with Gasteiger partial charge in [-0.1, -0.05) is 12.1 Å². The first-order valence-corrected chi connectivity index (χ1v) is 7.56. The number of rotatable bonds is 3. The van der Waals surface area contributed by atoms with E-state index in [9.17, 15) is 4.79 Å². The van der Waals surface area contributed by atoms with Crippen molar-refractivity contribution in [3.8, 4) is 0 Å². The zero-order chi connectivity index (χ0) is 15.5. The van der Waals surface area contributed by atoms with Crippen LogP contribution in [0.4, 0.5) is 5.69 Å². The lowest BCUT2D eigenvalue weighted by Crippen LogP contribution is -2.48. The predicted molar refractivity (Wildman–Crippen MR) is 100 cm³/mol. The van der Waals surface area contributed by atoms with Crippen LogP contribution >= 0.6 is 24.8 Å². The van der Waals surface area contributed by atoms with Gasteiger partial charge in [0, 0.05) is 31.9 Å². The highest BCUT2D eigenvalue weighted by atomic mass is 35.5. The van der Waals surface area contributed by atoms with E-state index in [4.69, 9.17) is 10.2 Å². The van der Waals surface area contributed by atoms with Gasteiger partial charge in [0.2, 0.25) is 0 Å². The summed E-state index contributed by atoms with van der Waals surface area (Å²) in [6.45, 7) is 5.53. The Hall–Kier alpha value is -1.69. The Morgan fingerprint density at radius 2 is 1.88 bits per heavy atom. The van der Waals surface area contributed by atoms with Crippen LogP contribution in [-0.4, -0.2) is 37.0 Å². The van der Waals surface area contributed by atoms with E-state index >= 15 is 0 Å². The van der Waals surface area contributed by atoms with E-state index in [1.54, 1.807) is 6.07 Å². The van der Waals surface area contributed by atoms with Crippen LogP contribution in [0.2, 0.25) is 0 Å². The molecule has 1 aromatic heterocycles. The summed E-state index contributed by atoms with van der Waals surface area (Å²) in [6.07, 6.45) is 1.50. The summed E-state index contributed by atoms with van der Waals surface area (Å²) in [7, 11) is 0. The van der Waals surface area contributed by atoms with E-state index in [1.165, 1.54) is 17.5 Å². The number of furan rings is 1. The molecule has 0 bridgehead atoms. The molecule has 2 heterocycles. The molecule has 0 saturated carbocycles. The molecule has 0 radical (unpaired) electrons. The van der Waals surface area contributed by atoms with Crippen molar-refractivity contribution in [3.05, 3.63) is 53.5 Å². The molecular weight excluding hydrogens is 349 g/mol. The minimum absolute atomic E-state index is 0. The summed E-state index contributed by atoms with van der Waals surface area (Å²) in [4.78, 5) is 16.6. The summed E-state index contributed by atoms with van der Waals surface area (Å²) in [6, 6.07) is 10.2. The van der Waals surface area contributed by atoms with Crippen LogP contribution in [0.25, 0.3) is 0 Å². The number of hydrogen-bond acceptors (Lipinski definition) is 4. The first-order chi connectivity index (χ1) is 10.7. The van der Waals surface area contributed by atoms with E-state index < -0.39 is 0 Å². The topological polar surface area (TPSA) is 62.7 Å². The number of amides is 1. The number of hydrogen-bond donors (Lipinski definition) is 1. The quantitative estimate of drug-likeness (QED) is 0.900. The van der Waals surface area contributed by atoms with Gasteiger partial charge in [0.1, 0.15) is 12.0 Å². The summed E-state index contributed by atoms with van der Waals surface area (Å²) < 4.78 is 5.25. The Kier molecular flexibility index (Phi) is 7.60. The molecule has 3 rings (SSSR count). The third-order valence-corrected chi connectivity index (χ3v) is 4.04. The van der Waals surface area contributed by atoms with Gasteiger partial charge in [-0.3, -0.25) is 4.79 Å². The van der Waals surface area contributed by atoms with Gasteiger partial charge in [-0.15, -0.1) is 24.8 Å². The minimum atomic E-state index is 0. The van der Waals surface area contributed by atoms with Crippen LogP contribution in [0.5, 0.6) is 0 Å². The van der Waals surface area contributed by atoms with E-state index in [1.807, 2.05) is 4.90 Å². The van der Waals surface area contributed by atoms with E-state index in [0.717, 1.165) is 26.2 Å². The van der Waals surface area contributed by atoms with Crippen molar-refractivity contribution in [1.82, 2.24) is 4.90 Å². The molecule has 1 aromatic carbocycles. The summed E-state index contributed by atoms with van der Waals surface area (Å²) >= 11 is 0. The average Bonchev–Trinajstić information content (AvgIpc) is 3.03. The fraction of sp³-hybridized carbons (Fsp3) is 0.353. The van der Waals surface area contributed by atoms with Crippen molar-refractivity contribution in [3.63, 3.8) is 0 Å². The van der Waals surface area contributed by atoms with Gasteiger partial charge in [-0.25, -0.2) is 0 Å². The molecule has 5 nitrogen and oxygen atoms in total. The monoisotopic (exact) mass is 371 g/mol. The summed E-state index contributed by atoms with van der Waals surface area (Å²) in [5.74, 6) is 0.661. The third-order valence-electron chi connectivity index (χ3n) is 4.04. The smallest absolute Gasteiger partial charge is 0.257 e. The molecular formula is C17H23Cl2N3O2. The Morgan fingerprint density at radius 3 is 2.46 bits per heavy atom. The number of benzene rings is 1. The van der Waals surface area contributed by atoms with Gasteiger partial charge in [0.05, 0.1) is 12.1 Å². The van der Waals surface area contributed by atoms with Crippen LogP contribution in [-0.2, 0) is 6.54 Å². The number of aryl methyl sites for hydroxylation is 1. The second-order valence-corrected chi connectivity index (χ2v) is 5.62. The Bertz CT molecular complexity index is 667. The SMILES string of the molecule is Cc1cccc(N2CCN(C(=O)c3coc(CN)c3)CC2)c1.Cl.Cl. The maximum absolute atomic E-state index is 12.4. The highest BCUT2D eigenvalue weighted by Crippen LogP contribution is 2.19. The Balaban J connectivity index is 0.00000144. The Morgan fingerprint density at radius 1 is 1.17 bits per heavy atom. The Labute approximate surface area is 154 Å². The van der Waals surface area contributed by atoms with Crippen molar-refractivity contribution in [1.29, 1.82) is 0 Å².